The van der Waals surface area contributed by atoms with E-state index in [2.05, 4.69) is 38.7 Å². The van der Waals surface area contributed by atoms with E-state index < -0.39 is 0 Å². The van der Waals surface area contributed by atoms with Crippen molar-refractivity contribution in [3.63, 3.8) is 0 Å². The number of likely N-dealkylation sites (N-methyl/N-ethyl adjacent to an activating group) is 1. The third-order valence-corrected chi connectivity index (χ3v) is 4.70. The highest BCUT2D eigenvalue weighted by Gasteiger charge is 2.43. The molecule has 1 aliphatic carbocycles. The van der Waals surface area contributed by atoms with E-state index in [0.717, 1.165) is 10.9 Å². The van der Waals surface area contributed by atoms with Gasteiger partial charge in [0.05, 0.1) is 0 Å². The Labute approximate surface area is 154 Å². The summed E-state index contributed by atoms with van der Waals surface area (Å²) in [6, 6.07) is 15.2. The predicted octanol–water partition coefficient (Wildman–Crippen LogP) is 3.32. The van der Waals surface area contributed by atoms with Crippen molar-refractivity contribution >= 4 is 33.4 Å². The van der Waals surface area contributed by atoms with Gasteiger partial charge in [0.2, 0.25) is 5.91 Å². The lowest BCUT2D eigenvalue weighted by Crippen LogP contribution is -2.24. The summed E-state index contributed by atoms with van der Waals surface area (Å²) in [4.78, 5) is 23.7. The molecule has 2 N–H and O–H groups in total. The van der Waals surface area contributed by atoms with Crippen molar-refractivity contribution in [3.05, 3.63) is 58.6 Å². The molecule has 6 heteroatoms. The summed E-state index contributed by atoms with van der Waals surface area (Å²) in [7, 11) is 1.56. The lowest BCUT2D eigenvalue weighted by atomic mass is 10.1. The van der Waals surface area contributed by atoms with Crippen molar-refractivity contribution in [1.29, 1.82) is 0 Å². The summed E-state index contributed by atoms with van der Waals surface area (Å²) in [5.41, 5.74) is 1.85. The van der Waals surface area contributed by atoms with Gasteiger partial charge in [-0.15, -0.1) is 0 Å². The number of carbonyl (C=O) groups is 2. The molecule has 1 aliphatic rings. The van der Waals surface area contributed by atoms with Crippen molar-refractivity contribution in [2.75, 3.05) is 19.0 Å². The molecule has 0 saturated heterocycles. The number of rotatable bonds is 6. The van der Waals surface area contributed by atoms with Gasteiger partial charge in [0, 0.05) is 29.2 Å². The molecular weight excluding hydrogens is 384 g/mol. The second-order valence-electron chi connectivity index (χ2n) is 5.98. The van der Waals surface area contributed by atoms with Gasteiger partial charge in [-0.1, -0.05) is 34.1 Å². The van der Waals surface area contributed by atoms with E-state index in [0.29, 0.717) is 11.4 Å². The fourth-order valence-electron chi connectivity index (χ4n) is 2.68. The topological polar surface area (TPSA) is 67.4 Å². The van der Waals surface area contributed by atoms with Gasteiger partial charge in [0.25, 0.3) is 5.91 Å². The Morgan fingerprint density at radius 3 is 2.68 bits per heavy atom. The van der Waals surface area contributed by atoms with Gasteiger partial charge >= 0.3 is 0 Å². The lowest BCUT2D eigenvalue weighted by molar-refractivity contribution is -0.122. The van der Waals surface area contributed by atoms with Gasteiger partial charge in [-0.25, -0.2) is 0 Å². The lowest BCUT2D eigenvalue weighted by Gasteiger charge is -2.09. The first-order valence-electron chi connectivity index (χ1n) is 8.06. The van der Waals surface area contributed by atoms with Crippen LogP contribution in [0.1, 0.15) is 17.9 Å². The Balaban J connectivity index is 1.56. The Hall–Kier alpha value is -2.34. The quantitative estimate of drug-likeness (QED) is 0.778. The molecule has 0 spiro atoms. The van der Waals surface area contributed by atoms with Crippen LogP contribution in [0.4, 0.5) is 5.69 Å². The smallest absolute Gasteiger partial charge is 0.257 e. The highest BCUT2D eigenvalue weighted by molar-refractivity contribution is 9.10. The van der Waals surface area contributed by atoms with Gasteiger partial charge in [0.1, 0.15) is 5.75 Å². The van der Waals surface area contributed by atoms with Crippen molar-refractivity contribution in [2.24, 2.45) is 5.92 Å². The van der Waals surface area contributed by atoms with Crippen LogP contribution in [-0.4, -0.2) is 25.5 Å². The Kier molecular flexibility index (Phi) is 5.38. The van der Waals surface area contributed by atoms with E-state index in [9.17, 15) is 9.59 Å². The molecule has 2 amide bonds. The van der Waals surface area contributed by atoms with E-state index in [1.807, 2.05) is 18.2 Å². The van der Waals surface area contributed by atoms with Crippen molar-refractivity contribution in [3.8, 4) is 5.75 Å². The molecule has 130 valence electrons. The first-order valence-corrected chi connectivity index (χ1v) is 8.86. The SMILES string of the molecule is CNC(=O)COc1cccc(NC(=O)C2CC2c2ccc(Br)cc2)c1. The summed E-state index contributed by atoms with van der Waals surface area (Å²) < 4.78 is 6.42. The van der Waals surface area contributed by atoms with Crippen LogP contribution in [0.5, 0.6) is 5.75 Å². The fraction of sp³-hybridized carbons (Fsp3) is 0.263. The van der Waals surface area contributed by atoms with Crippen LogP contribution in [-0.2, 0) is 9.59 Å². The molecule has 1 saturated carbocycles. The maximum absolute atomic E-state index is 12.4. The Morgan fingerprint density at radius 2 is 1.96 bits per heavy atom. The monoisotopic (exact) mass is 402 g/mol. The summed E-state index contributed by atoms with van der Waals surface area (Å²) >= 11 is 3.42. The molecule has 0 aromatic heterocycles. The maximum Gasteiger partial charge on any atom is 0.257 e. The molecule has 25 heavy (non-hydrogen) atoms. The fourth-order valence-corrected chi connectivity index (χ4v) is 2.95. The number of hydrogen-bond acceptors (Lipinski definition) is 3. The van der Waals surface area contributed by atoms with Gasteiger partial charge in [-0.2, -0.15) is 0 Å². The third kappa shape index (κ3) is 4.60. The zero-order chi connectivity index (χ0) is 17.8. The normalized spacial score (nSPS) is 18.3. The number of ether oxygens (including phenoxy) is 1. The van der Waals surface area contributed by atoms with Crippen molar-refractivity contribution < 1.29 is 14.3 Å². The van der Waals surface area contributed by atoms with E-state index in [4.69, 9.17) is 4.74 Å². The summed E-state index contributed by atoms with van der Waals surface area (Å²) in [6.07, 6.45) is 0.861. The van der Waals surface area contributed by atoms with Crippen LogP contribution in [0.15, 0.2) is 53.0 Å². The number of benzene rings is 2. The number of amides is 2. The third-order valence-electron chi connectivity index (χ3n) is 4.18. The molecule has 0 bridgehead atoms. The highest BCUT2D eigenvalue weighted by atomic mass is 79.9. The minimum absolute atomic E-state index is 0.00313. The molecule has 0 aliphatic heterocycles. The molecule has 1 fully saturated rings. The van der Waals surface area contributed by atoms with Gasteiger partial charge in [-0.05, 0) is 42.2 Å². The van der Waals surface area contributed by atoms with Crippen molar-refractivity contribution in [1.82, 2.24) is 5.32 Å². The van der Waals surface area contributed by atoms with Crippen LogP contribution in [0.3, 0.4) is 0 Å². The summed E-state index contributed by atoms with van der Waals surface area (Å²) in [6.45, 7) is -0.0534. The van der Waals surface area contributed by atoms with Crippen LogP contribution in [0, 0.1) is 5.92 Å². The summed E-state index contributed by atoms with van der Waals surface area (Å²) in [5.74, 6) is 0.625. The molecule has 2 aromatic rings. The first-order chi connectivity index (χ1) is 12.1. The molecule has 3 rings (SSSR count). The number of nitrogens with one attached hydrogen (secondary N) is 2. The van der Waals surface area contributed by atoms with Gasteiger partial charge in [0.15, 0.2) is 6.61 Å². The van der Waals surface area contributed by atoms with Gasteiger partial charge in [-0.3, -0.25) is 9.59 Å². The van der Waals surface area contributed by atoms with E-state index in [1.165, 1.54) is 5.56 Å². The number of hydrogen-bond donors (Lipinski definition) is 2. The van der Waals surface area contributed by atoms with E-state index in [1.54, 1.807) is 25.2 Å². The molecule has 2 aromatic carbocycles. The van der Waals surface area contributed by atoms with Crippen LogP contribution >= 0.6 is 15.9 Å². The number of carbonyl (C=O) groups excluding carboxylic acids is 2. The second-order valence-corrected chi connectivity index (χ2v) is 6.89. The van der Waals surface area contributed by atoms with E-state index >= 15 is 0 Å². The standard InChI is InChI=1S/C19H19BrN2O3/c1-21-18(23)11-25-15-4-2-3-14(9-15)22-19(24)17-10-16(17)12-5-7-13(20)8-6-12/h2-9,16-17H,10-11H2,1H3,(H,21,23)(H,22,24). The first kappa shape index (κ1) is 17.5. The zero-order valence-electron chi connectivity index (χ0n) is 13.8. The van der Waals surface area contributed by atoms with Gasteiger partial charge < -0.3 is 15.4 Å². The molecular formula is C19H19BrN2O3. The predicted molar refractivity (Wildman–Crippen MR) is 99.6 cm³/mol. The Bertz CT molecular complexity index is 776. The largest absolute Gasteiger partial charge is 0.484 e. The molecule has 2 atom stereocenters. The molecule has 5 nitrogen and oxygen atoms in total. The van der Waals surface area contributed by atoms with E-state index in [-0.39, 0.29) is 30.3 Å². The Morgan fingerprint density at radius 1 is 1.20 bits per heavy atom. The average molecular weight is 403 g/mol. The van der Waals surface area contributed by atoms with Crippen LogP contribution in [0.25, 0.3) is 0 Å². The summed E-state index contributed by atoms with van der Waals surface area (Å²) in [5, 5.41) is 5.42. The maximum atomic E-state index is 12.4. The molecule has 0 radical (unpaired) electrons. The minimum Gasteiger partial charge on any atom is -0.484 e. The van der Waals surface area contributed by atoms with Crippen LogP contribution in [0.2, 0.25) is 0 Å². The minimum atomic E-state index is -0.204. The molecule has 0 heterocycles. The number of anilines is 1. The highest BCUT2D eigenvalue weighted by Crippen LogP contribution is 2.48. The van der Waals surface area contributed by atoms with Crippen molar-refractivity contribution in [2.45, 2.75) is 12.3 Å². The zero-order valence-corrected chi connectivity index (χ0v) is 15.4. The number of halogens is 1. The molecule has 2 unspecified atom stereocenters. The van der Waals surface area contributed by atoms with Crippen LogP contribution < -0.4 is 15.4 Å². The second kappa shape index (κ2) is 7.70. The average Bonchev–Trinajstić information content (AvgIpc) is 3.41.